The second-order valence-corrected chi connectivity index (χ2v) is 9.05. The summed E-state index contributed by atoms with van der Waals surface area (Å²) in [5.41, 5.74) is 5.76. The first-order valence-electron chi connectivity index (χ1n) is 10.8. The number of ketones is 1. The Morgan fingerprint density at radius 2 is 1.62 bits per heavy atom. The Labute approximate surface area is 201 Å². The molecule has 0 radical (unpaired) electrons. The minimum absolute atomic E-state index is 0.178. The maximum atomic E-state index is 13.2. The van der Waals surface area contributed by atoms with Crippen LogP contribution in [0.3, 0.4) is 0 Å². The molecule has 5 rings (SSSR count). The average molecular weight is 464 g/mol. The fourth-order valence-electron chi connectivity index (χ4n) is 3.76. The molecule has 5 aromatic rings. The van der Waals surface area contributed by atoms with Gasteiger partial charge in [-0.25, -0.2) is 9.97 Å². The Morgan fingerprint density at radius 1 is 0.853 bits per heavy atom. The van der Waals surface area contributed by atoms with E-state index in [0.717, 1.165) is 32.0 Å². The number of nitrogens with one attached hydrogen (secondary N) is 1. The van der Waals surface area contributed by atoms with Crippen LogP contribution in [0.4, 0.5) is 5.69 Å². The van der Waals surface area contributed by atoms with Crippen LogP contribution in [0.25, 0.3) is 20.9 Å². The quantitative estimate of drug-likeness (QED) is 0.304. The van der Waals surface area contributed by atoms with Crippen molar-refractivity contribution in [1.82, 2.24) is 9.97 Å². The first-order valence-corrected chi connectivity index (χ1v) is 11.7. The topological polar surface area (TPSA) is 72.0 Å². The highest BCUT2D eigenvalue weighted by molar-refractivity contribution is 7.21. The molecular weight excluding hydrogens is 442 g/mol. The smallest absolute Gasteiger partial charge is 0.256 e. The molecule has 0 fully saturated rings. The predicted octanol–water partition coefficient (Wildman–Crippen LogP) is 6.46. The number of fused-ring (bicyclic) bond motifs is 1. The number of rotatable bonds is 5. The van der Waals surface area contributed by atoms with Gasteiger partial charge in [-0.3, -0.25) is 9.59 Å². The minimum atomic E-state index is -0.323. The summed E-state index contributed by atoms with van der Waals surface area (Å²) in [7, 11) is 0. The lowest BCUT2D eigenvalue weighted by atomic mass is 9.97. The molecule has 0 spiro atoms. The molecule has 0 atom stereocenters. The molecule has 0 aliphatic carbocycles. The molecule has 1 N–H and O–H groups in total. The van der Waals surface area contributed by atoms with Crippen molar-refractivity contribution < 1.29 is 9.59 Å². The lowest BCUT2D eigenvalue weighted by Gasteiger charge is -2.12. The van der Waals surface area contributed by atoms with Crippen LogP contribution in [-0.4, -0.2) is 21.7 Å². The molecule has 0 saturated carbocycles. The summed E-state index contributed by atoms with van der Waals surface area (Å²) >= 11 is 1.53. The fourth-order valence-corrected chi connectivity index (χ4v) is 4.66. The third-order valence-electron chi connectivity index (χ3n) is 5.62. The molecule has 2 aromatic heterocycles. The molecule has 166 valence electrons. The molecule has 0 aliphatic heterocycles. The molecule has 0 saturated heterocycles. The van der Waals surface area contributed by atoms with E-state index < -0.39 is 0 Å². The molecule has 1 amide bonds. The molecule has 34 heavy (non-hydrogen) atoms. The normalized spacial score (nSPS) is 10.9. The van der Waals surface area contributed by atoms with Crippen molar-refractivity contribution in [2.75, 3.05) is 5.32 Å². The maximum absolute atomic E-state index is 13.2. The molecule has 0 unspecified atom stereocenters. The van der Waals surface area contributed by atoms with Crippen LogP contribution in [0.15, 0.2) is 85.1 Å². The van der Waals surface area contributed by atoms with Crippen LogP contribution in [-0.2, 0) is 0 Å². The van der Waals surface area contributed by atoms with Crippen LogP contribution >= 0.6 is 11.3 Å². The van der Waals surface area contributed by atoms with Crippen molar-refractivity contribution in [3.05, 3.63) is 113 Å². The number of pyridine rings is 1. The lowest BCUT2D eigenvalue weighted by molar-refractivity contribution is 0.0996. The molecule has 5 nitrogen and oxygen atoms in total. The van der Waals surface area contributed by atoms with Gasteiger partial charge < -0.3 is 5.32 Å². The van der Waals surface area contributed by atoms with Crippen molar-refractivity contribution >= 4 is 39.1 Å². The van der Waals surface area contributed by atoms with Crippen molar-refractivity contribution in [3.8, 4) is 10.6 Å². The number of carbonyl (C=O) groups is 2. The number of aryl methyl sites for hydroxylation is 2. The van der Waals surface area contributed by atoms with E-state index in [-0.39, 0.29) is 11.7 Å². The van der Waals surface area contributed by atoms with Crippen molar-refractivity contribution in [1.29, 1.82) is 0 Å². The SMILES string of the molecule is Cc1ccc(C(=O)c2ccccc2C(=O)Nc2ccc(-c3nc4cccnc4s3)cc2C)cc1. The number of hydrogen-bond donors (Lipinski definition) is 1. The Hall–Kier alpha value is -4.16. The van der Waals surface area contributed by atoms with E-state index in [1.807, 2.05) is 56.3 Å². The van der Waals surface area contributed by atoms with Gasteiger partial charge in [-0.1, -0.05) is 59.4 Å². The van der Waals surface area contributed by atoms with E-state index in [1.165, 1.54) is 11.3 Å². The summed E-state index contributed by atoms with van der Waals surface area (Å²) in [6, 6.07) is 23.9. The summed E-state index contributed by atoms with van der Waals surface area (Å²) in [6.45, 7) is 3.91. The number of hydrogen-bond acceptors (Lipinski definition) is 5. The zero-order chi connectivity index (χ0) is 23.7. The molecule has 6 heteroatoms. The Bertz CT molecular complexity index is 1500. The van der Waals surface area contributed by atoms with E-state index in [4.69, 9.17) is 0 Å². The highest BCUT2D eigenvalue weighted by atomic mass is 32.1. The highest BCUT2D eigenvalue weighted by Gasteiger charge is 2.19. The van der Waals surface area contributed by atoms with E-state index in [2.05, 4.69) is 15.3 Å². The first kappa shape index (κ1) is 21.7. The van der Waals surface area contributed by atoms with Crippen LogP contribution < -0.4 is 5.32 Å². The summed E-state index contributed by atoms with van der Waals surface area (Å²) in [4.78, 5) is 36.2. The van der Waals surface area contributed by atoms with Gasteiger partial charge in [-0.2, -0.15) is 0 Å². The number of anilines is 1. The fraction of sp³-hybridized carbons (Fsp3) is 0.0714. The second-order valence-electron chi connectivity index (χ2n) is 8.07. The Morgan fingerprint density at radius 3 is 2.35 bits per heavy atom. The molecule has 3 aromatic carbocycles. The average Bonchev–Trinajstić information content (AvgIpc) is 3.30. The zero-order valence-corrected chi connectivity index (χ0v) is 19.5. The zero-order valence-electron chi connectivity index (χ0n) is 18.7. The van der Waals surface area contributed by atoms with Gasteiger partial charge >= 0.3 is 0 Å². The number of nitrogens with zero attached hydrogens (tertiary/aromatic N) is 2. The van der Waals surface area contributed by atoms with Gasteiger partial charge in [0.05, 0.1) is 5.56 Å². The molecular formula is C28H21N3O2S. The second kappa shape index (κ2) is 9.00. The van der Waals surface area contributed by atoms with Gasteiger partial charge in [0.2, 0.25) is 0 Å². The van der Waals surface area contributed by atoms with Crippen LogP contribution in [0.2, 0.25) is 0 Å². The van der Waals surface area contributed by atoms with Gasteiger partial charge in [-0.15, -0.1) is 0 Å². The van der Waals surface area contributed by atoms with E-state index >= 15 is 0 Å². The molecule has 0 bridgehead atoms. The largest absolute Gasteiger partial charge is 0.322 e. The van der Waals surface area contributed by atoms with Crippen LogP contribution in [0, 0.1) is 13.8 Å². The van der Waals surface area contributed by atoms with Crippen LogP contribution in [0.5, 0.6) is 0 Å². The molecule has 0 aliphatic rings. The summed E-state index contributed by atoms with van der Waals surface area (Å²) in [5.74, 6) is -0.502. The van der Waals surface area contributed by atoms with Gasteiger partial charge in [0.15, 0.2) is 5.78 Å². The third kappa shape index (κ3) is 4.23. The van der Waals surface area contributed by atoms with E-state index in [9.17, 15) is 9.59 Å². The summed E-state index contributed by atoms with van der Waals surface area (Å²) in [5, 5.41) is 3.85. The Kier molecular flexibility index (Phi) is 5.74. The summed E-state index contributed by atoms with van der Waals surface area (Å²) in [6.07, 6.45) is 1.76. The third-order valence-corrected chi connectivity index (χ3v) is 6.65. The number of amides is 1. The number of benzene rings is 3. The van der Waals surface area contributed by atoms with E-state index in [1.54, 1.807) is 42.6 Å². The maximum Gasteiger partial charge on any atom is 0.256 e. The van der Waals surface area contributed by atoms with Crippen molar-refractivity contribution in [3.63, 3.8) is 0 Å². The van der Waals surface area contributed by atoms with Crippen LogP contribution in [0.1, 0.15) is 37.4 Å². The number of carbonyl (C=O) groups excluding carboxylic acids is 2. The summed E-state index contributed by atoms with van der Waals surface area (Å²) < 4.78 is 0. The Balaban J connectivity index is 1.40. The highest BCUT2D eigenvalue weighted by Crippen LogP contribution is 2.31. The van der Waals surface area contributed by atoms with Gasteiger partial charge in [0.1, 0.15) is 15.4 Å². The first-order chi connectivity index (χ1) is 16.5. The van der Waals surface area contributed by atoms with E-state index in [0.29, 0.717) is 22.4 Å². The predicted molar refractivity (Wildman–Crippen MR) is 137 cm³/mol. The van der Waals surface area contributed by atoms with Crippen molar-refractivity contribution in [2.45, 2.75) is 13.8 Å². The lowest BCUT2D eigenvalue weighted by Crippen LogP contribution is -2.17. The molecule has 2 heterocycles. The monoisotopic (exact) mass is 463 g/mol. The number of thiazole rings is 1. The minimum Gasteiger partial charge on any atom is -0.322 e. The van der Waals surface area contributed by atoms with Crippen molar-refractivity contribution in [2.24, 2.45) is 0 Å². The van der Waals surface area contributed by atoms with Gasteiger partial charge in [0, 0.05) is 28.6 Å². The standard InChI is InChI=1S/C28H21N3O2S/c1-17-9-11-19(12-10-17)25(32)21-6-3-4-7-22(21)26(33)30-23-14-13-20(16-18(23)2)27-31-24-8-5-15-29-28(24)34-27/h3-16H,1-2H3,(H,30,33). The van der Waals surface area contributed by atoms with Gasteiger partial charge in [0.25, 0.3) is 5.91 Å². The number of aromatic nitrogens is 2. The van der Waals surface area contributed by atoms with Gasteiger partial charge in [-0.05, 0) is 55.8 Å².